The smallest absolute Gasteiger partial charge is 0.252 e. The van der Waals surface area contributed by atoms with E-state index >= 15 is 0 Å². The maximum absolute atomic E-state index is 12.6. The number of hydrogen-bond donors (Lipinski definition) is 1. The zero-order valence-electron chi connectivity index (χ0n) is 11.5. The highest BCUT2D eigenvalue weighted by molar-refractivity contribution is 7.91. The molecule has 0 spiro atoms. The topological polar surface area (TPSA) is 66.6 Å². The summed E-state index contributed by atoms with van der Waals surface area (Å²) >= 11 is 1.27. The van der Waals surface area contributed by atoms with Crippen molar-refractivity contribution in [3.63, 3.8) is 0 Å². The van der Waals surface area contributed by atoms with E-state index in [0.717, 1.165) is 4.88 Å². The fourth-order valence-corrected chi connectivity index (χ4v) is 5.46. The van der Waals surface area contributed by atoms with Gasteiger partial charge in [0.05, 0.1) is 0 Å². The molecule has 2 atom stereocenters. The highest BCUT2D eigenvalue weighted by Gasteiger charge is 2.38. The van der Waals surface area contributed by atoms with Gasteiger partial charge in [-0.05, 0) is 32.1 Å². The first-order chi connectivity index (χ1) is 8.86. The van der Waals surface area contributed by atoms with E-state index in [4.69, 9.17) is 5.73 Å². The van der Waals surface area contributed by atoms with Gasteiger partial charge in [0, 0.05) is 30.6 Å². The van der Waals surface area contributed by atoms with Gasteiger partial charge in [-0.25, -0.2) is 8.42 Å². The zero-order chi connectivity index (χ0) is 14.2. The molecule has 0 saturated carbocycles. The lowest BCUT2D eigenvalue weighted by atomic mass is 10.1. The molecule has 2 unspecified atom stereocenters. The first-order valence-electron chi connectivity index (χ1n) is 6.31. The monoisotopic (exact) mass is 303 g/mol. The molecule has 1 aromatic rings. The maximum Gasteiger partial charge on any atom is 0.252 e. The Bertz CT molecular complexity index is 539. The summed E-state index contributed by atoms with van der Waals surface area (Å²) in [5.41, 5.74) is 5.54. The average Bonchev–Trinajstić information content (AvgIpc) is 2.95. The van der Waals surface area contributed by atoms with Crippen molar-refractivity contribution in [3.05, 3.63) is 17.0 Å². The maximum atomic E-state index is 12.6. The molecule has 0 radical (unpaired) electrons. The van der Waals surface area contributed by atoms with Crippen LogP contribution in [0, 0.1) is 5.92 Å². The molecule has 108 valence electrons. The van der Waals surface area contributed by atoms with Crippen molar-refractivity contribution >= 4 is 21.4 Å². The summed E-state index contributed by atoms with van der Waals surface area (Å²) in [5.74, 6) is 0.346. The largest absolute Gasteiger partial charge is 0.326 e. The standard InChI is InChI=1S/C12H21N3O2S2/c1-9-7-15(8-11(9)14(2)3)19(16,17)12-5-4-10(6-13)18-12/h4-5,9,11H,6-8,13H2,1-3H3. The molecule has 1 aliphatic heterocycles. The number of hydrogen-bond acceptors (Lipinski definition) is 5. The predicted octanol–water partition coefficient (Wildman–Crippen LogP) is 0.777. The van der Waals surface area contributed by atoms with Crippen molar-refractivity contribution in [3.8, 4) is 0 Å². The van der Waals surface area contributed by atoms with Crippen molar-refractivity contribution in [2.75, 3.05) is 27.2 Å². The molecule has 7 heteroatoms. The Labute approximate surface area is 119 Å². The molecule has 2 N–H and O–H groups in total. The molecule has 1 fully saturated rings. The van der Waals surface area contributed by atoms with Crippen molar-refractivity contribution in [2.45, 2.75) is 23.7 Å². The summed E-state index contributed by atoms with van der Waals surface area (Å²) in [6.45, 7) is 3.63. The van der Waals surface area contributed by atoms with Gasteiger partial charge in [0.1, 0.15) is 4.21 Å². The molecule has 2 heterocycles. The lowest BCUT2D eigenvalue weighted by Gasteiger charge is -2.22. The number of rotatable bonds is 4. The molecule has 0 aromatic carbocycles. The van der Waals surface area contributed by atoms with Crippen LogP contribution in [-0.4, -0.2) is 50.8 Å². The Kier molecular flexibility index (Phi) is 4.32. The van der Waals surface area contributed by atoms with Crippen LogP contribution in [0.1, 0.15) is 11.8 Å². The van der Waals surface area contributed by atoms with Crippen LogP contribution in [0.4, 0.5) is 0 Å². The van der Waals surface area contributed by atoms with Gasteiger partial charge in [0.15, 0.2) is 0 Å². The molecule has 1 aliphatic rings. The van der Waals surface area contributed by atoms with E-state index in [9.17, 15) is 8.42 Å². The molecular weight excluding hydrogens is 282 g/mol. The zero-order valence-corrected chi connectivity index (χ0v) is 13.2. The third-order valence-electron chi connectivity index (χ3n) is 3.63. The van der Waals surface area contributed by atoms with Crippen LogP contribution in [0.25, 0.3) is 0 Å². The molecule has 0 amide bonds. The Balaban J connectivity index is 2.22. The van der Waals surface area contributed by atoms with E-state index in [1.165, 1.54) is 11.3 Å². The first kappa shape index (κ1) is 14.9. The molecule has 5 nitrogen and oxygen atoms in total. The quantitative estimate of drug-likeness (QED) is 0.892. The fourth-order valence-electron chi connectivity index (χ4n) is 2.51. The Hall–Kier alpha value is -0.470. The Morgan fingerprint density at radius 3 is 2.58 bits per heavy atom. The van der Waals surface area contributed by atoms with E-state index in [2.05, 4.69) is 11.8 Å². The molecule has 1 aromatic heterocycles. The van der Waals surface area contributed by atoms with Gasteiger partial charge in [-0.2, -0.15) is 4.31 Å². The van der Waals surface area contributed by atoms with E-state index < -0.39 is 10.0 Å². The van der Waals surface area contributed by atoms with Gasteiger partial charge in [0.2, 0.25) is 0 Å². The number of nitrogens with zero attached hydrogens (tertiary/aromatic N) is 2. The third kappa shape index (κ3) is 2.85. The van der Waals surface area contributed by atoms with Crippen molar-refractivity contribution < 1.29 is 8.42 Å². The van der Waals surface area contributed by atoms with E-state index in [-0.39, 0.29) is 6.04 Å². The highest BCUT2D eigenvalue weighted by atomic mass is 32.2. The predicted molar refractivity (Wildman–Crippen MR) is 77.6 cm³/mol. The number of sulfonamides is 1. The second kappa shape index (κ2) is 5.49. The van der Waals surface area contributed by atoms with Gasteiger partial charge in [0.25, 0.3) is 10.0 Å². The van der Waals surface area contributed by atoms with Crippen LogP contribution in [0.15, 0.2) is 16.3 Å². The molecule has 0 bridgehead atoms. The van der Waals surface area contributed by atoms with E-state index in [1.807, 2.05) is 14.1 Å². The summed E-state index contributed by atoms with van der Waals surface area (Å²) < 4.78 is 27.1. The van der Waals surface area contributed by atoms with Crippen LogP contribution in [-0.2, 0) is 16.6 Å². The molecule has 0 aliphatic carbocycles. The minimum absolute atomic E-state index is 0.281. The fraction of sp³-hybridized carbons (Fsp3) is 0.667. The highest BCUT2D eigenvalue weighted by Crippen LogP contribution is 2.30. The summed E-state index contributed by atoms with van der Waals surface area (Å²) in [6, 6.07) is 3.74. The second-order valence-electron chi connectivity index (χ2n) is 5.26. The minimum Gasteiger partial charge on any atom is -0.326 e. The van der Waals surface area contributed by atoms with Crippen LogP contribution in [0.2, 0.25) is 0 Å². The van der Waals surface area contributed by atoms with Gasteiger partial charge in [-0.3, -0.25) is 0 Å². The molecule has 19 heavy (non-hydrogen) atoms. The normalized spacial score (nSPS) is 25.3. The van der Waals surface area contributed by atoms with Crippen LogP contribution < -0.4 is 5.73 Å². The van der Waals surface area contributed by atoms with E-state index in [1.54, 1.807) is 16.4 Å². The lowest BCUT2D eigenvalue weighted by Crippen LogP contribution is -2.35. The van der Waals surface area contributed by atoms with Gasteiger partial charge >= 0.3 is 0 Å². The third-order valence-corrected chi connectivity index (χ3v) is 7.04. The van der Waals surface area contributed by atoms with Crippen LogP contribution >= 0.6 is 11.3 Å². The summed E-state index contributed by atoms with van der Waals surface area (Å²) in [4.78, 5) is 3.00. The minimum atomic E-state index is -3.36. The number of likely N-dealkylation sites (N-methyl/N-ethyl adjacent to an activating group) is 1. The van der Waals surface area contributed by atoms with Crippen molar-refractivity contribution in [2.24, 2.45) is 11.7 Å². The Morgan fingerprint density at radius 2 is 2.11 bits per heavy atom. The Morgan fingerprint density at radius 1 is 1.42 bits per heavy atom. The van der Waals surface area contributed by atoms with Crippen LogP contribution in [0.5, 0.6) is 0 Å². The SMILES string of the molecule is CC1CN(S(=O)(=O)c2ccc(CN)s2)CC1N(C)C. The molecule has 1 saturated heterocycles. The first-order valence-corrected chi connectivity index (χ1v) is 8.57. The molecular formula is C12H21N3O2S2. The summed E-state index contributed by atoms with van der Waals surface area (Å²) in [5, 5.41) is 0. The van der Waals surface area contributed by atoms with Gasteiger partial charge < -0.3 is 10.6 Å². The number of thiophene rings is 1. The lowest BCUT2D eigenvalue weighted by molar-refractivity contribution is 0.263. The van der Waals surface area contributed by atoms with Gasteiger partial charge in [-0.15, -0.1) is 11.3 Å². The molecule has 2 rings (SSSR count). The van der Waals surface area contributed by atoms with Crippen molar-refractivity contribution in [1.82, 2.24) is 9.21 Å². The van der Waals surface area contributed by atoms with Gasteiger partial charge in [-0.1, -0.05) is 6.92 Å². The summed E-state index contributed by atoms with van der Waals surface area (Å²) in [6.07, 6.45) is 0. The summed E-state index contributed by atoms with van der Waals surface area (Å²) in [7, 11) is 0.632. The second-order valence-corrected chi connectivity index (χ2v) is 8.59. The average molecular weight is 303 g/mol. The number of nitrogens with two attached hydrogens (primary N) is 1. The van der Waals surface area contributed by atoms with E-state index in [0.29, 0.717) is 29.8 Å². The van der Waals surface area contributed by atoms with Crippen LogP contribution in [0.3, 0.4) is 0 Å². The van der Waals surface area contributed by atoms with Crippen molar-refractivity contribution in [1.29, 1.82) is 0 Å².